The molecule has 0 radical (unpaired) electrons. The molecule has 0 saturated heterocycles. The number of anilines is 2. The number of hydrogen-bond acceptors (Lipinski definition) is 6. The Kier molecular flexibility index (Phi) is 8.83. The minimum absolute atomic E-state index is 0.0998. The summed E-state index contributed by atoms with van der Waals surface area (Å²) >= 11 is 1.21. The second kappa shape index (κ2) is 11.4. The van der Waals surface area contributed by atoms with E-state index in [-0.39, 0.29) is 30.5 Å². The number of hydrogen-bond donors (Lipinski definition) is 2. The second-order valence-corrected chi connectivity index (χ2v) is 6.89. The van der Waals surface area contributed by atoms with Gasteiger partial charge in [-0.2, -0.15) is 0 Å². The lowest BCUT2D eigenvalue weighted by Crippen LogP contribution is -2.37. The van der Waals surface area contributed by atoms with Crippen LogP contribution in [0, 0.1) is 5.82 Å². The van der Waals surface area contributed by atoms with Gasteiger partial charge in [0.1, 0.15) is 11.5 Å². The second-order valence-electron chi connectivity index (χ2n) is 6.03. The van der Waals surface area contributed by atoms with Crippen LogP contribution in [0.1, 0.15) is 30.3 Å². The molecule has 0 aliphatic carbocycles. The summed E-state index contributed by atoms with van der Waals surface area (Å²) in [6.45, 7) is 3.56. The van der Waals surface area contributed by atoms with Crippen LogP contribution in [-0.2, 0) is 9.53 Å². The number of aromatic nitrogens is 1. The number of nitrogens with one attached hydrogen (secondary N) is 2. The lowest BCUT2D eigenvalue weighted by molar-refractivity contribution is -0.121. The third kappa shape index (κ3) is 6.58. The van der Waals surface area contributed by atoms with Crippen molar-refractivity contribution < 1.29 is 18.7 Å². The molecule has 1 aromatic heterocycles. The van der Waals surface area contributed by atoms with Gasteiger partial charge in [-0.05, 0) is 18.6 Å². The van der Waals surface area contributed by atoms with Gasteiger partial charge in [0.15, 0.2) is 5.13 Å². The Balaban J connectivity index is 2.01. The van der Waals surface area contributed by atoms with E-state index >= 15 is 0 Å². The fraction of sp³-hybridized carbons (Fsp3) is 0.421. The molecule has 0 spiro atoms. The Hall–Kier alpha value is -2.52. The van der Waals surface area contributed by atoms with E-state index in [0.29, 0.717) is 30.5 Å². The highest BCUT2D eigenvalue weighted by Gasteiger charge is 2.20. The molecule has 2 N–H and O–H groups in total. The summed E-state index contributed by atoms with van der Waals surface area (Å²) in [6.07, 6.45) is 1.06. The minimum atomic E-state index is -0.398. The van der Waals surface area contributed by atoms with Crippen molar-refractivity contribution in [2.45, 2.75) is 19.8 Å². The van der Waals surface area contributed by atoms with Gasteiger partial charge in [-0.25, -0.2) is 9.37 Å². The standard InChI is InChI=1S/C19H25FN4O3S/c1-3-9-21-17(25)8-10-24(11-12-27-2)18(26)16-13-28-19(23-16)22-15-7-5-4-6-14(15)20/h4-7,13H,3,8-12H2,1-2H3,(H,21,25)(H,22,23). The summed E-state index contributed by atoms with van der Waals surface area (Å²) in [6, 6.07) is 6.25. The zero-order chi connectivity index (χ0) is 20.4. The highest BCUT2D eigenvalue weighted by atomic mass is 32.1. The molecule has 0 saturated carbocycles. The summed E-state index contributed by atoms with van der Waals surface area (Å²) in [4.78, 5) is 30.4. The number of halogens is 1. The topological polar surface area (TPSA) is 83.6 Å². The van der Waals surface area contributed by atoms with Gasteiger partial charge in [-0.3, -0.25) is 9.59 Å². The van der Waals surface area contributed by atoms with Crippen molar-refractivity contribution in [1.29, 1.82) is 0 Å². The monoisotopic (exact) mass is 408 g/mol. The number of para-hydroxylation sites is 1. The lowest BCUT2D eigenvalue weighted by atomic mass is 10.3. The van der Waals surface area contributed by atoms with Crippen molar-refractivity contribution in [2.75, 3.05) is 38.7 Å². The first-order valence-electron chi connectivity index (χ1n) is 9.07. The number of nitrogens with zero attached hydrogens (tertiary/aromatic N) is 2. The number of carbonyl (C=O) groups excluding carboxylic acids is 2. The van der Waals surface area contributed by atoms with Crippen LogP contribution in [-0.4, -0.2) is 55.0 Å². The molecule has 28 heavy (non-hydrogen) atoms. The van der Waals surface area contributed by atoms with Gasteiger partial charge < -0.3 is 20.3 Å². The van der Waals surface area contributed by atoms with Crippen molar-refractivity contribution in [3.8, 4) is 0 Å². The van der Waals surface area contributed by atoms with Crippen LogP contribution in [0.15, 0.2) is 29.6 Å². The van der Waals surface area contributed by atoms with Crippen molar-refractivity contribution in [3.63, 3.8) is 0 Å². The maximum Gasteiger partial charge on any atom is 0.273 e. The van der Waals surface area contributed by atoms with Gasteiger partial charge in [0, 0.05) is 38.5 Å². The Morgan fingerprint density at radius 2 is 2.07 bits per heavy atom. The molecule has 0 fully saturated rings. The van der Waals surface area contributed by atoms with Crippen LogP contribution < -0.4 is 10.6 Å². The molecule has 0 unspecified atom stereocenters. The molecule has 0 bridgehead atoms. The molecule has 9 heteroatoms. The summed E-state index contributed by atoms with van der Waals surface area (Å²) in [7, 11) is 1.55. The van der Waals surface area contributed by atoms with Crippen molar-refractivity contribution >= 4 is 34.0 Å². The molecule has 152 valence electrons. The van der Waals surface area contributed by atoms with Crippen LogP contribution in [0.3, 0.4) is 0 Å². The highest BCUT2D eigenvalue weighted by Crippen LogP contribution is 2.23. The SMILES string of the molecule is CCCNC(=O)CCN(CCOC)C(=O)c1csc(Nc2ccccc2F)n1. The molecule has 0 aliphatic heterocycles. The molecule has 1 heterocycles. The van der Waals surface area contributed by atoms with E-state index in [4.69, 9.17) is 4.74 Å². The summed E-state index contributed by atoms with van der Waals surface area (Å²) in [5, 5.41) is 7.70. The van der Waals surface area contributed by atoms with Gasteiger partial charge >= 0.3 is 0 Å². The van der Waals surface area contributed by atoms with Gasteiger partial charge in [0.25, 0.3) is 5.91 Å². The van der Waals surface area contributed by atoms with Crippen molar-refractivity contribution in [2.24, 2.45) is 0 Å². The normalized spacial score (nSPS) is 10.5. The average Bonchev–Trinajstić information content (AvgIpc) is 3.16. The Morgan fingerprint density at radius 1 is 1.29 bits per heavy atom. The molecule has 7 nitrogen and oxygen atoms in total. The first-order chi connectivity index (χ1) is 13.5. The van der Waals surface area contributed by atoms with Crippen LogP contribution in [0.2, 0.25) is 0 Å². The summed E-state index contributed by atoms with van der Waals surface area (Å²) in [5.74, 6) is -0.791. The largest absolute Gasteiger partial charge is 0.383 e. The molecule has 0 aliphatic rings. The molecule has 2 aromatic rings. The zero-order valence-electron chi connectivity index (χ0n) is 16.0. The minimum Gasteiger partial charge on any atom is -0.383 e. The highest BCUT2D eigenvalue weighted by molar-refractivity contribution is 7.14. The number of amides is 2. The Bertz CT molecular complexity index is 784. The molecule has 0 atom stereocenters. The smallest absolute Gasteiger partial charge is 0.273 e. The Morgan fingerprint density at radius 3 is 2.79 bits per heavy atom. The quantitative estimate of drug-likeness (QED) is 0.597. The third-order valence-electron chi connectivity index (χ3n) is 3.87. The van der Waals surface area contributed by atoms with Crippen LogP contribution in [0.5, 0.6) is 0 Å². The number of thiazole rings is 1. The van der Waals surface area contributed by atoms with Crippen LogP contribution in [0.25, 0.3) is 0 Å². The van der Waals surface area contributed by atoms with Gasteiger partial charge in [-0.1, -0.05) is 19.1 Å². The predicted molar refractivity (Wildman–Crippen MR) is 107 cm³/mol. The van der Waals surface area contributed by atoms with E-state index in [2.05, 4.69) is 15.6 Å². The lowest BCUT2D eigenvalue weighted by Gasteiger charge is -2.21. The molecular formula is C19H25FN4O3S. The van der Waals surface area contributed by atoms with Gasteiger partial charge in [-0.15, -0.1) is 11.3 Å². The zero-order valence-corrected chi connectivity index (χ0v) is 16.9. The fourth-order valence-corrected chi connectivity index (χ4v) is 3.07. The number of ether oxygens (including phenoxy) is 1. The number of methoxy groups -OCH3 is 1. The summed E-state index contributed by atoms with van der Waals surface area (Å²) in [5.41, 5.74) is 0.536. The first kappa shape index (κ1) is 21.8. The van der Waals surface area contributed by atoms with Crippen LogP contribution >= 0.6 is 11.3 Å². The van der Waals surface area contributed by atoms with Crippen molar-refractivity contribution in [1.82, 2.24) is 15.2 Å². The first-order valence-corrected chi connectivity index (χ1v) is 9.95. The van der Waals surface area contributed by atoms with Gasteiger partial charge in [0.2, 0.25) is 5.91 Å². The van der Waals surface area contributed by atoms with E-state index < -0.39 is 5.82 Å². The van der Waals surface area contributed by atoms with E-state index in [9.17, 15) is 14.0 Å². The summed E-state index contributed by atoms with van der Waals surface area (Å²) < 4.78 is 18.8. The van der Waals surface area contributed by atoms with Crippen molar-refractivity contribution in [3.05, 3.63) is 41.2 Å². The average molecular weight is 408 g/mol. The van der Waals surface area contributed by atoms with E-state index in [0.717, 1.165) is 6.42 Å². The molecule has 2 rings (SSSR count). The molecular weight excluding hydrogens is 383 g/mol. The third-order valence-corrected chi connectivity index (χ3v) is 4.63. The number of rotatable bonds is 11. The fourth-order valence-electron chi connectivity index (χ4n) is 2.37. The maximum absolute atomic E-state index is 13.8. The van der Waals surface area contributed by atoms with E-state index in [1.54, 1.807) is 30.7 Å². The van der Waals surface area contributed by atoms with Gasteiger partial charge in [0.05, 0.1) is 12.3 Å². The van der Waals surface area contributed by atoms with E-state index in [1.165, 1.54) is 22.3 Å². The maximum atomic E-state index is 13.8. The Labute approximate surface area is 167 Å². The van der Waals surface area contributed by atoms with Crippen LogP contribution in [0.4, 0.5) is 15.2 Å². The molecule has 2 amide bonds. The number of benzene rings is 1. The van der Waals surface area contributed by atoms with E-state index in [1.807, 2.05) is 6.92 Å². The predicted octanol–water partition coefficient (Wildman–Crippen LogP) is 3.03. The number of carbonyl (C=O) groups is 2. The molecule has 1 aromatic carbocycles.